The van der Waals surface area contributed by atoms with Gasteiger partial charge in [0.05, 0.1) is 11.2 Å². The minimum atomic E-state index is 0.242. The van der Waals surface area contributed by atoms with Crippen molar-refractivity contribution in [3.8, 4) is 0 Å². The number of pyridine rings is 1. The van der Waals surface area contributed by atoms with Gasteiger partial charge in [-0.1, -0.05) is 6.07 Å². The average Bonchev–Trinajstić information content (AvgIpc) is 2.80. The standard InChI is InChI=1S/C11H14N2/c1-2-8-12-10(3-1)11-6-4-9(13-11)5-7-11/h1-3,8-9,13H,4-7H2. The van der Waals surface area contributed by atoms with Gasteiger partial charge in [0.2, 0.25) is 0 Å². The van der Waals surface area contributed by atoms with E-state index >= 15 is 0 Å². The number of hydrogen-bond donors (Lipinski definition) is 1. The molecule has 0 aromatic carbocycles. The fraction of sp³-hybridized carbons (Fsp3) is 0.545. The van der Waals surface area contributed by atoms with Crippen LogP contribution in [0, 0.1) is 0 Å². The highest BCUT2D eigenvalue weighted by Crippen LogP contribution is 2.43. The van der Waals surface area contributed by atoms with Crippen LogP contribution in [-0.2, 0) is 5.54 Å². The van der Waals surface area contributed by atoms with Gasteiger partial charge in [0.15, 0.2) is 0 Å². The Balaban J connectivity index is 2.00. The number of rotatable bonds is 1. The Morgan fingerprint density at radius 3 is 2.69 bits per heavy atom. The number of hydrogen-bond acceptors (Lipinski definition) is 2. The van der Waals surface area contributed by atoms with E-state index in [-0.39, 0.29) is 5.54 Å². The summed E-state index contributed by atoms with van der Waals surface area (Å²) in [7, 11) is 0. The topological polar surface area (TPSA) is 24.9 Å². The van der Waals surface area contributed by atoms with Crippen LogP contribution in [0.15, 0.2) is 24.4 Å². The van der Waals surface area contributed by atoms with Gasteiger partial charge in [-0.25, -0.2) is 0 Å². The van der Waals surface area contributed by atoms with Crippen LogP contribution in [0.2, 0.25) is 0 Å². The predicted octanol–water partition coefficient (Wildman–Crippen LogP) is 1.82. The molecule has 2 fully saturated rings. The Kier molecular flexibility index (Phi) is 1.47. The largest absolute Gasteiger partial charge is 0.303 e. The summed E-state index contributed by atoms with van der Waals surface area (Å²) in [6, 6.07) is 6.99. The molecular weight excluding hydrogens is 160 g/mol. The molecule has 0 radical (unpaired) electrons. The molecule has 2 nitrogen and oxygen atoms in total. The molecule has 3 rings (SSSR count). The van der Waals surface area contributed by atoms with Gasteiger partial charge in [0.25, 0.3) is 0 Å². The molecule has 0 spiro atoms. The van der Waals surface area contributed by atoms with E-state index in [1.807, 2.05) is 12.3 Å². The average molecular weight is 174 g/mol. The normalized spacial score (nSPS) is 36.8. The van der Waals surface area contributed by atoms with E-state index in [0.717, 1.165) is 6.04 Å². The van der Waals surface area contributed by atoms with E-state index in [4.69, 9.17) is 0 Å². The molecule has 2 aliphatic rings. The lowest BCUT2D eigenvalue weighted by atomic mass is 9.85. The molecule has 0 saturated carbocycles. The molecule has 2 heteroatoms. The summed E-state index contributed by atoms with van der Waals surface area (Å²) >= 11 is 0. The molecule has 1 N–H and O–H groups in total. The summed E-state index contributed by atoms with van der Waals surface area (Å²) in [5, 5.41) is 3.70. The Bertz CT molecular complexity index is 299. The Morgan fingerprint density at radius 2 is 2.15 bits per heavy atom. The highest BCUT2D eigenvalue weighted by molar-refractivity contribution is 5.21. The van der Waals surface area contributed by atoms with Gasteiger partial charge in [-0.2, -0.15) is 0 Å². The fourth-order valence-corrected chi connectivity index (χ4v) is 2.77. The van der Waals surface area contributed by atoms with Crippen molar-refractivity contribution in [1.29, 1.82) is 0 Å². The van der Waals surface area contributed by atoms with Crippen molar-refractivity contribution in [3.05, 3.63) is 30.1 Å². The van der Waals surface area contributed by atoms with Crippen molar-refractivity contribution < 1.29 is 0 Å². The summed E-state index contributed by atoms with van der Waals surface area (Å²) in [6.45, 7) is 0. The molecule has 0 unspecified atom stereocenters. The second kappa shape index (κ2) is 2.55. The van der Waals surface area contributed by atoms with Crippen LogP contribution < -0.4 is 5.32 Å². The van der Waals surface area contributed by atoms with E-state index in [1.165, 1.54) is 31.4 Å². The summed E-state index contributed by atoms with van der Waals surface area (Å²) in [5.41, 5.74) is 1.49. The Morgan fingerprint density at radius 1 is 1.31 bits per heavy atom. The number of nitrogens with one attached hydrogen (secondary N) is 1. The molecular formula is C11H14N2. The quantitative estimate of drug-likeness (QED) is 0.702. The molecule has 68 valence electrons. The highest BCUT2D eigenvalue weighted by atomic mass is 15.1. The van der Waals surface area contributed by atoms with Gasteiger partial charge in [-0.15, -0.1) is 0 Å². The first kappa shape index (κ1) is 7.51. The van der Waals surface area contributed by atoms with Crippen molar-refractivity contribution in [3.63, 3.8) is 0 Å². The van der Waals surface area contributed by atoms with Crippen molar-refractivity contribution >= 4 is 0 Å². The Hall–Kier alpha value is -0.890. The second-order valence-electron chi connectivity index (χ2n) is 4.22. The van der Waals surface area contributed by atoms with Crippen LogP contribution in [0.3, 0.4) is 0 Å². The van der Waals surface area contributed by atoms with E-state index < -0.39 is 0 Å². The molecule has 13 heavy (non-hydrogen) atoms. The van der Waals surface area contributed by atoms with Crippen molar-refractivity contribution in [2.45, 2.75) is 37.3 Å². The van der Waals surface area contributed by atoms with Gasteiger partial charge >= 0.3 is 0 Å². The summed E-state index contributed by atoms with van der Waals surface area (Å²) in [4.78, 5) is 4.47. The van der Waals surface area contributed by atoms with Gasteiger partial charge in [-0.05, 0) is 37.8 Å². The second-order valence-corrected chi connectivity index (χ2v) is 4.22. The maximum Gasteiger partial charge on any atom is 0.0612 e. The minimum Gasteiger partial charge on any atom is -0.303 e. The highest BCUT2D eigenvalue weighted by Gasteiger charge is 2.46. The maximum absolute atomic E-state index is 4.47. The fourth-order valence-electron chi connectivity index (χ4n) is 2.77. The lowest BCUT2D eigenvalue weighted by Gasteiger charge is -2.25. The maximum atomic E-state index is 4.47. The third-order valence-electron chi connectivity index (χ3n) is 3.47. The Labute approximate surface area is 78.4 Å². The van der Waals surface area contributed by atoms with Gasteiger partial charge in [0, 0.05) is 12.2 Å². The van der Waals surface area contributed by atoms with Crippen molar-refractivity contribution in [2.75, 3.05) is 0 Å². The summed E-state index contributed by atoms with van der Waals surface area (Å²) in [5.74, 6) is 0. The van der Waals surface area contributed by atoms with Crippen LogP contribution >= 0.6 is 0 Å². The molecule has 3 heterocycles. The zero-order chi connectivity index (χ0) is 8.73. The van der Waals surface area contributed by atoms with Crippen LogP contribution in [-0.4, -0.2) is 11.0 Å². The third kappa shape index (κ3) is 1.02. The predicted molar refractivity (Wildman–Crippen MR) is 51.3 cm³/mol. The monoisotopic (exact) mass is 174 g/mol. The van der Waals surface area contributed by atoms with Crippen LogP contribution in [0.4, 0.5) is 0 Å². The lowest BCUT2D eigenvalue weighted by Crippen LogP contribution is -2.33. The molecule has 2 saturated heterocycles. The lowest BCUT2D eigenvalue weighted by molar-refractivity contribution is 0.389. The summed E-state index contributed by atoms with van der Waals surface area (Å²) in [6.07, 6.45) is 7.11. The molecule has 1 aromatic heterocycles. The molecule has 0 atom stereocenters. The molecule has 0 aliphatic carbocycles. The van der Waals surface area contributed by atoms with E-state index in [9.17, 15) is 0 Å². The van der Waals surface area contributed by atoms with Gasteiger partial charge in [-0.3, -0.25) is 4.98 Å². The van der Waals surface area contributed by atoms with Crippen LogP contribution in [0.1, 0.15) is 31.4 Å². The number of nitrogens with zero attached hydrogens (tertiary/aromatic N) is 1. The van der Waals surface area contributed by atoms with Crippen LogP contribution in [0.25, 0.3) is 0 Å². The molecule has 2 bridgehead atoms. The van der Waals surface area contributed by atoms with Crippen molar-refractivity contribution in [1.82, 2.24) is 10.3 Å². The SMILES string of the molecule is c1ccc(C23CCC(CC2)N3)nc1. The molecule has 0 amide bonds. The zero-order valence-corrected chi connectivity index (χ0v) is 7.66. The van der Waals surface area contributed by atoms with Gasteiger partial charge in [0.1, 0.15) is 0 Å². The summed E-state index contributed by atoms with van der Waals surface area (Å²) < 4.78 is 0. The van der Waals surface area contributed by atoms with E-state index in [2.05, 4.69) is 22.4 Å². The van der Waals surface area contributed by atoms with Crippen molar-refractivity contribution in [2.24, 2.45) is 0 Å². The van der Waals surface area contributed by atoms with E-state index in [1.54, 1.807) is 0 Å². The first-order valence-electron chi connectivity index (χ1n) is 5.08. The molecule has 1 aromatic rings. The smallest absolute Gasteiger partial charge is 0.0612 e. The number of fused-ring (bicyclic) bond motifs is 2. The van der Waals surface area contributed by atoms with E-state index in [0.29, 0.717) is 0 Å². The zero-order valence-electron chi connectivity index (χ0n) is 7.66. The van der Waals surface area contributed by atoms with Gasteiger partial charge < -0.3 is 5.32 Å². The minimum absolute atomic E-state index is 0.242. The number of aromatic nitrogens is 1. The van der Waals surface area contributed by atoms with Crippen LogP contribution in [0.5, 0.6) is 0 Å². The third-order valence-corrected chi connectivity index (χ3v) is 3.47. The molecule has 2 aliphatic heterocycles. The first-order chi connectivity index (χ1) is 6.39. The first-order valence-corrected chi connectivity index (χ1v) is 5.08.